The molecule has 5 rings (SSSR count). The van der Waals surface area contributed by atoms with Crippen LogP contribution >= 0.6 is 22.7 Å². The van der Waals surface area contributed by atoms with Crippen molar-refractivity contribution in [3.63, 3.8) is 0 Å². The van der Waals surface area contributed by atoms with E-state index in [2.05, 4.69) is 4.98 Å². The molecule has 0 amide bonds. The molecule has 0 saturated heterocycles. The molecule has 3 aromatic heterocycles. The van der Waals surface area contributed by atoms with Crippen molar-refractivity contribution >= 4 is 38.7 Å². The number of aryl methyl sites for hydroxylation is 1. The van der Waals surface area contributed by atoms with Gasteiger partial charge in [-0.1, -0.05) is 11.3 Å². The Morgan fingerprint density at radius 2 is 1.76 bits per heavy atom. The molecule has 0 radical (unpaired) electrons. The van der Waals surface area contributed by atoms with E-state index >= 15 is 0 Å². The monoisotopic (exact) mass is 478 g/mol. The summed E-state index contributed by atoms with van der Waals surface area (Å²) in [4.78, 5) is 19.4. The van der Waals surface area contributed by atoms with E-state index in [4.69, 9.17) is 4.74 Å². The molecule has 5 aromatic rings. The van der Waals surface area contributed by atoms with E-state index < -0.39 is 17.4 Å². The van der Waals surface area contributed by atoms with Crippen molar-refractivity contribution in [1.82, 2.24) is 9.55 Å². The molecule has 0 aliphatic rings. The highest BCUT2D eigenvalue weighted by Crippen LogP contribution is 2.46. The number of hydrogen-bond donors (Lipinski definition) is 3. The summed E-state index contributed by atoms with van der Waals surface area (Å²) in [6.07, 6.45) is 0. The molecule has 0 spiro atoms. The number of ether oxygens (including phenoxy) is 1. The molecule has 2 aromatic carbocycles. The third-order valence-corrected chi connectivity index (χ3v) is 7.23. The molecule has 33 heavy (non-hydrogen) atoms. The van der Waals surface area contributed by atoms with Crippen LogP contribution in [0.1, 0.15) is 20.1 Å². The lowest BCUT2D eigenvalue weighted by Gasteiger charge is -2.09. The third-order valence-electron chi connectivity index (χ3n) is 5.23. The summed E-state index contributed by atoms with van der Waals surface area (Å²) in [5.41, 5.74) is 1.46. The van der Waals surface area contributed by atoms with Crippen LogP contribution in [0, 0.1) is 6.92 Å². The summed E-state index contributed by atoms with van der Waals surface area (Å²) in [6, 6.07) is 15.1. The molecular weight excluding hydrogens is 460 g/mol. The van der Waals surface area contributed by atoms with Gasteiger partial charge in [-0.05, 0) is 67.1 Å². The second kappa shape index (κ2) is 7.95. The molecule has 0 aliphatic carbocycles. The number of carbonyl (C=O) groups is 1. The standard InChI is InChI=1S/C24H18N2O5S2/c1-12-3-10-17(32-12)21(28)19-20(13-4-6-14(27)7-5-13)26(23(30)22(19)29)24-25-16-9-8-15(31-2)11-18(16)33-24/h3-11,27,29-30H,1-2H3. The number of aromatic nitrogens is 2. The van der Waals surface area contributed by atoms with Gasteiger partial charge < -0.3 is 20.1 Å². The van der Waals surface area contributed by atoms with Crippen LogP contribution in [-0.4, -0.2) is 37.8 Å². The maximum absolute atomic E-state index is 13.4. The van der Waals surface area contributed by atoms with Gasteiger partial charge in [0.05, 0.1) is 33.5 Å². The molecule has 0 aliphatic heterocycles. The molecule has 3 N–H and O–H groups in total. The number of thiophene rings is 1. The van der Waals surface area contributed by atoms with E-state index in [1.54, 1.807) is 37.4 Å². The topological polar surface area (TPSA) is 105 Å². The number of nitrogens with zero attached hydrogens (tertiary/aromatic N) is 2. The Labute approximate surface area is 196 Å². The van der Waals surface area contributed by atoms with Crippen molar-refractivity contribution in [2.45, 2.75) is 6.92 Å². The van der Waals surface area contributed by atoms with Crippen LogP contribution in [0.15, 0.2) is 54.6 Å². The lowest BCUT2D eigenvalue weighted by atomic mass is 10.0. The number of rotatable bonds is 5. The van der Waals surface area contributed by atoms with E-state index in [-0.39, 0.29) is 17.0 Å². The van der Waals surface area contributed by atoms with Gasteiger partial charge in [0.2, 0.25) is 11.7 Å². The number of fused-ring (bicyclic) bond motifs is 1. The Morgan fingerprint density at radius 1 is 1.00 bits per heavy atom. The zero-order valence-corrected chi connectivity index (χ0v) is 19.2. The summed E-state index contributed by atoms with van der Waals surface area (Å²) in [5, 5.41) is 32.0. The summed E-state index contributed by atoms with van der Waals surface area (Å²) >= 11 is 2.59. The first-order valence-electron chi connectivity index (χ1n) is 9.89. The van der Waals surface area contributed by atoms with E-state index in [0.29, 0.717) is 26.8 Å². The van der Waals surface area contributed by atoms with Crippen molar-refractivity contribution < 1.29 is 24.9 Å². The van der Waals surface area contributed by atoms with Crippen LogP contribution < -0.4 is 4.74 Å². The van der Waals surface area contributed by atoms with Crippen molar-refractivity contribution in [2.24, 2.45) is 0 Å². The molecule has 7 nitrogen and oxygen atoms in total. The average Bonchev–Trinajstić information content (AvgIpc) is 3.49. The molecule has 166 valence electrons. The van der Waals surface area contributed by atoms with Gasteiger partial charge in [-0.25, -0.2) is 4.98 Å². The molecular formula is C24H18N2O5S2. The fraction of sp³-hybridized carbons (Fsp3) is 0.0833. The Balaban J connectivity index is 1.79. The Morgan fingerprint density at radius 3 is 2.42 bits per heavy atom. The number of phenols is 1. The van der Waals surface area contributed by atoms with E-state index in [0.717, 1.165) is 9.58 Å². The molecule has 9 heteroatoms. The Hall–Kier alpha value is -3.82. The number of thiazole rings is 1. The van der Waals surface area contributed by atoms with Gasteiger partial charge in [0.1, 0.15) is 11.5 Å². The minimum Gasteiger partial charge on any atom is -0.508 e. The second-order valence-electron chi connectivity index (χ2n) is 7.35. The first-order chi connectivity index (χ1) is 15.9. The van der Waals surface area contributed by atoms with Crippen LogP contribution in [-0.2, 0) is 0 Å². The number of benzene rings is 2. The SMILES string of the molecule is COc1ccc2nc(-n3c(O)c(O)c(C(=O)c4ccc(C)s4)c3-c3ccc(O)cc3)sc2c1. The molecule has 0 saturated carbocycles. The summed E-state index contributed by atoms with van der Waals surface area (Å²) in [5.74, 6) is -0.698. The van der Waals surface area contributed by atoms with Gasteiger partial charge >= 0.3 is 0 Å². The minimum atomic E-state index is -0.522. The first kappa shape index (κ1) is 21.0. The maximum Gasteiger partial charge on any atom is 0.242 e. The van der Waals surface area contributed by atoms with Crippen LogP contribution in [0.4, 0.5) is 0 Å². The van der Waals surface area contributed by atoms with E-state index in [1.807, 2.05) is 19.1 Å². The number of ketones is 1. The second-order valence-corrected chi connectivity index (χ2v) is 9.64. The van der Waals surface area contributed by atoms with Gasteiger partial charge in [-0.15, -0.1) is 11.3 Å². The van der Waals surface area contributed by atoms with Gasteiger partial charge in [-0.3, -0.25) is 9.36 Å². The van der Waals surface area contributed by atoms with E-state index in [9.17, 15) is 20.1 Å². The highest BCUT2D eigenvalue weighted by Gasteiger charge is 2.31. The third kappa shape index (κ3) is 3.51. The molecule has 0 fully saturated rings. The normalized spacial score (nSPS) is 11.2. The summed E-state index contributed by atoms with van der Waals surface area (Å²) in [6.45, 7) is 1.89. The van der Waals surface area contributed by atoms with Crippen LogP contribution in [0.3, 0.4) is 0 Å². The van der Waals surface area contributed by atoms with Gasteiger partial charge in [0.15, 0.2) is 10.9 Å². The van der Waals surface area contributed by atoms with Crippen molar-refractivity contribution in [3.05, 3.63) is 69.9 Å². The Kier molecular flexibility index (Phi) is 5.07. The zero-order chi connectivity index (χ0) is 23.3. The fourth-order valence-corrected chi connectivity index (χ4v) is 5.45. The zero-order valence-electron chi connectivity index (χ0n) is 17.6. The number of hydrogen-bond acceptors (Lipinski definition) is 8. The summed E-state index contributed by atoms with van der Waals surface area (Å²) < 4.78 is 7.47. The fourth-order valence-electron chi connectivity index (χ4n) is 3.64. The van der Waals surface area contributed by atoms with Crippen molar-refractivity contribution in [2.75, 3.05) is 7.11 Å². The van der Waals surface area contributed by atoms with Gasteiger partial charge in [0, 0.05) is 4.88 Å². The van der Waals surface area contributed by atoms with Gasteiger partial charge in [-0.2, -0.15) is 0 Å². The first-order valence-corrected chi connectivity index (χ1v) is 11.5. The molecule has 3 heterocycles. The predicted molar refractivity (Wildman–Crippen MR) is 128 cm³/mol. The minimum absolute atomic E-state index is 0.0307. The molecule has 0 unspecified atom stereocenters. The van der Waals surface area contributed by atoms with Crippen LogP contribution in [0.25, 0.3) is 26.6 Å². The smallest absolute Gasteiger partial charge is 0.242 e. The summed E-state index contributed by atoms with van der Waals surface area (Å²) in [7, 11) is 1.58. The lowest BCUT2D eigenvalue weighted by Crippen LogP contribution is -2.03. The predicted octanol–water partition coefficient (Wildman–Crippen LogP) is 5.48. The van der Waals surface area contributed by atoms with Gasteiger partial charge in [0.25, 0.3) is 0 Å². The highest BCUT2D eigenvalue weighted by molar-refractivity contribution is 7.20. The molecule has 0 atom stereocenters. The van der Waals surface area contributed by atoms with Crippen molar-refractivity contribution in [1.29, 1.82) is 0 Å². The van der Waals surface area contributed by atoms with E-state index in [1.165, 1.54) is 39.4 Å². The highest BCUT2D eigenvalue weighted by atomic mass is 32.1. The number of methoxy groups -OCH3 is 1. The van der Waals surface area contributed by atoms with Crippen LogP contribution in [0.2, 0.25) is 0 Å². The lowest BCUT2D eigenvalue weighted by molar-refractivity contribution is 0.104. The van der Waals surface area contributed by atoms with Crippen molar-refractivity contribution in [3.8, 4) is 39.5 Å². The molecule has 0 bridgehead atoms. The maximum atomic E-state index is 13.4. The Bertz CT molecular complexity index is 1510. The average molecular weight is 479 g/mol. The number of phenolic OH excluding ortho intramolecular Hbond substituents is 1. The largest absolute Gasteiger partial charge is 0.508 e. The quantitative estimate of drug-likeness (QED) is 0.289. The number of carbonyl (C=O) groups excluding carboxylic acids is 1. The van der Waals surface area contributed by atoms with Crippen LogP contribution in [0.5, 0.6) is 23.1 Å². The number of aromatic hydroxyl groups is 3.